The quantitative estimate of drug-likeness (QED) is 0.675. The molecule has 100 valence electrons. The molecule has 0 bridgehead atoms. The smallest absolute Gasteiger partial charge is 0.258 e. The van der Waals surface area contributed by atoms with Crippen LogP contribution in [0, 0.1) is 0 Å². The number of amides is 1. The molecule has 7 heteroatoms. The van der Waals surface area contributed by atoms with Crippen molar-refractivity contribution in [3.8, 4) is 0 Å². The van der Waals surface area contributed by atoms with Crippen LogP contribution >= 0.6 is 34.9 Å². The van der Waals surface area contributed by atoms with Gasteiger partial charge in [0.25, 0.3) is 5.91 Å². The highest BCUT2D eigenvalue weighted by molar-refractivity contribution is 8.00. The summed E-state index contributed by atoms with van der Waals surface area (Å²) in [7, 11) is 0. The summed E-state index contributed by atoms with van der Waals surface area (Å²) in [5.41, 5.74) is 0.676. The van der Waals surface area contributed by atoms with E-state index < -0.39 is 0 Å². The fourth-order valence-electron chi connectivity index (χ4n) is 1.44. The van der Waals surface area contributed by atoms with Crippen LogP contribution in [0.25, 0.3) is 0 Å². The molecular formula is C12H13N3OS3. The number of aromatic nitrogens is 2. The zero-order valence-electron chi connectivity index (χ0n) is 10.5. The minimum atomic E-state index is -0.139. The topological polar surface area (TPSA) is 54.9 Å². The Hall–Kier alpha value is -1.05. The average Bonchev–Trinajstić information content (AvgIpc) is 2.87. The van der Waals surface area contributed by atoms with Gasteiger partial charge in [-0.15, -0.1) is 22.0 Å². The van der Waals surface area contributed by atoms with Gasteiger partial charge in [0, 0.05) is 4.90 Å². The number of hydrogen-bond acceptors (Lipinski definition) is 6. The van der Waals surface area contributed by atoms with Gasteiger partial charge < -0.3 is 0 Å². The van der Waals surface area contributed by atoms with Crippen molar-refractivity contribution in [1.82, 2.24) is 10.2 Å². The molecule has 19 heavy (non-hydrogen) atoms. The first-order chi connectivity index (χ1) is 9.24. The van der Waals surface area contributed by atoms with E-state index in [-0.39, 0.29) is 5.91 Å². The molecule has 0 spiro atoms. The maximum atomic E-state index is 12.2. The van der Waals surface area contributed by atoms with Crippen LogP contribution in [0.4, 0.5) is 5.13 Å². The van der Waals surface area contributed by atoms with Gasteiger partial charge in [-0.1, -0.05) is 42.2 Å². The molecule has 0 saturated carbocycles. The Labute approximate surface area is 124 Å². The Kier molecular flexibility index (Phi) is 5.24. The predicted molar refractivity (Wildman–Crippen MR) is 82.5 cm³/mol. The summed E-state index contributed by atoms with van der Waals surface area (Å²) in [6.45, 7) is 2.06. The number of thioether (sulfide) groups is 2. The minimum Gasteiger partial charge on any atom is -0.296 e. The molecule has 0 fully saturated rings. The average molecular weight is 311 g/mol. The molecule has 4 nitrogen and oxygen atoms in total. The lowest BCUT2D eigenvalue weighted by Gasteiger charge is -2.06. The third kappa shape index (κ3) is 3.71. The molecule has 1 amide bonds. The standard InChI is InChI=1S/C12H13N3OS3/c1-3-18-9-7-5-4-6-8(9)10(16)13-11-14-15-12(17-2)19-11/h4-7H,3H2,1-2H3,(H,13,14,16). The Morgan fingerprint density at radius 3 is 2.84 bits per heavy atom. The summed E-state index contributed by atoms with van der Waals surface area (Å²) < 4.78 is 0.839. The van der Waals surface area contributed by atoms with Gasteiger partial charge in [-0.2, -0.15) is 0 Å². The lowest BCUT2D eigenvalue weighted by molar-refractivity contribution is 0.102. The van der Waals surface area contributed by atoms with Crippen molar-refractivity contribution < 1.29 is 4.79 Å². The summed E-state index contributed by atoms with van der Waals surface area (Å²) in [5, 5.41) is 11.2. The number of rotatable bonds is 5. The first-order valence-corrected chi connectivity index (χ1v) is 8.68. The van der Waals surface area contributed by atoms with Gasteiger partial charge in [-0.25, -0.2) is 0 Å². The van der Waals surface area contributed by atoms with Crippen LogP contribution in [0.2, 0.25) is 0 Å². The van der Waals surface area contributed by atoms with Gasteiger partial charge in [-0.05, 0) is 24.1 Å². The van der Waals surface area contributed by atoms with Crippen LogP contribution in [0.5, 0.6) is 0 Å². The Morgan fingerprint density at radius 2 is 2.16 bits per heavy atom. The lowest BCUT2D eigenvalue weighted by atomic mass is 10.2. The number of benzene rings is 1. The first kappa shape index (κ1) is 14.4. The van der Waals surface area contributed by atoms with E-state index in [4.69, 9.17) is 0 Å². The molecule has 0 unspecified atom stereocenters. The van der Waals surface area contributed by atoms with Crippen LogP contribution in [0.15, 0.2) is 33.5 Å². The number of anilines is 1. The SMILES string of the molecule is CCSc1ccccc1C(=O)Nc1nnc(SC)s1. The van der Waals surface area contributed by atoms with Gasteiger partial charge in [-0.3, -0.25) is 10.1 Å². The van der Waals surface area contributed by atoms with E-state index in [2.05, 4.69) is 22.4 Å². The van der Waals surface area contributed by atoms with Gasteiger partial charge in [0.05, 0.1) is 5.56 Å². The zero-order chi connectivity index (χ0) is 13.7. The van der Waals surface area contributed by atoms with Gasteiger partial charge >= 0.3 is 0 Å². The Balaban J connectivity index is 2.15. The number of hydrogen-bond donors (Lipinski definition) is 1. The van der Waals surface area contributed by atoms with E-state index in [1.54, 1.807) is 11.8 Å². The van der Waals surface area contributed by atoms with Crippen molar-refractivity contribution in [2.75, 3.05) is 17.3 Å². The van der Waals surface area contributed by atoms with Crippen molar-refractivity contribution in [3.05, 3.63) is 29.8 Å². The fourth-order valence-corrected chi connectivity index (χ4v) is 3.41. The molecule has 2 rings (SSSR count). The maximum absolute atomic E-state index is 12.2. The van der Waals surface area contributed by atoms with E-state index in [1.807, 2.05) is 30.5 Å². The molecule has 0 saturated heterocycles. The van der Waals surface area contributed by atoms with Crippen molar-refractivity contribution >= 4 is 45.9 Å². The molecule has 0 aliphatic rings. The first-order valence-electron chi connectivity index (χ1n) is 5.65. The van der Waals surface area contributed by atoms with Crippen LogP contribution in [0.3, 0.4) is 0 Å². The number of carbonyl (C=O) groups excluding carboxylic acids is 1. The molecule has 1 N–H and O–H groups in total. The van der Waals surface area contributed by atoms with Gasteiger partial charge in [0.2, 0.25) is 5.13 Å². The molecule has 2 aromatic rings. The molecule has 1 heterocycles. The summed E-state index contributed by atoms with van der Waals surface area (Å²) in [4.78, 5) is 13.2. The maximum Gasteiger partial charge on any atom is 0.258 e. The molecule has 1 aromatic carbocycles. The Morgan fingerprint density at radius 1 is 1.37 bits per heavy atom. The number of nitrogens with zero attached hydrogens (tertiary/aromatic N) is 2. The van der Waals surface area contributed by atoms with Gasteiger partial charge in [0.15, 0.2) is 4.34 Å². The summed E-state index contributed by atoms with van der Waals surface area (Å²) in [6.07, 6.45) is 1.93. The van der Waals surface area contributed by atoms with E-state index in [1.165, 1.54) is 23.1 Å². The van der Waals surface area contributed by atoms with E-state index >= 15 is 0 Å². The van der Waals surface area contributed by atoms with Crippen LogP contribution in [-0.4, -0.2) is 28.1 Å². The largest absolute Gasteiger partial charge is 0.296 e. The van der Waals surface area contributed by atoms with Crippen molar-refractivity contribution in [2.45, 2.75) is 16.2 Å². The summed E-state index contributed by atoms with van der Waals surface area (Å²) in [5.74, 6) is 0.792. The summed E-state index contributed by atoms with van der Waals surface area (Å²) in [6, 6.07) is 7.58. The highest BCUT2D eigenvalue weighted by Crippen LogP contribution is 2.26. The third-order valence-corrected chi connectivity index (χ3v) is 5.00. The van der Waals surface area contributed by atoms with Crippen molar-refractivity contribution in [2.24, 2.45) is 0 Å². The number of nitrogens with one attached hydrogen (secondary N) is 1. The molecule has 0 aliphatic carbocycles. The van der Waals surface area contributed by atoms with E-state index in [0.29, 0.717) is 10.7 Å². The molecule has 0 atom stereocenters. The van der Waals surface area contributed by atoms with Crippen LogP contribution < -0.4 is 5.32 Å². The fraction of sp³-hybridized carbons (Fsp3) is 0.250. The van der Waals surface area contributed by atoms with E-state index in [9.17, 15) is 4.79 Å². The third-order valence-electron chi connectivity index (χ3n) is 2.23. The number of carbonyl (C=O) groups is 1. The monoisotopic (exact) mass is 311 g/mol. The lowest BCUT2D eigenvalue weighted by Crippen LogP contribution is -2.12. The normalized spacial score (nSPS) is 10.4. The second-order valence-electron chi connectivity index (χ2n) is 3.46. The highest BCUT2D eigenvalue weighted by Gasteiger charge is 2.13. The highest BCUT2D eigenvalue weighted by atomic mass is 32.2. The second kappa shape index (κ2) is 6.93. The minimum absolute atomic E-state index is 0.139. The Bertz CT molecular complexity index is 571. The summed E-state index contributed by atoms with van der Waals surface area (Å²) >= 11 is 4.54. The van der Waals surface area contributed by atoms with Crippen molar-refractivity contribution in [1.29, 1.82) is 0 Å². The predicted octanol–water partition coefficient (Wildman–Crippen LogP) is 3.62. The molecular weight excluding hydrogens is 298 g/mol. The van der Waals surface area contributed by atoms with Crippen LogP contribution in [0.1, 0.15) is 17.3 Å². The zero-order valence-corrected chi connectivity index (χ0v) is 13.0. The molecule has 0 radical (unpaired) electrons. The molecule has 1 aromatic heterocycles. The van der Waals surface area contributed by atoms with Crippen molar-refractivity contribution in [3.63, 3.8) is 0 Å². The van der Waals surface area contributed by atoms with Gasteiger partial charge in [0.1, 0.15) is 0 Å². The van der Waals surface area contributed by atoms with E-state index in [0.717, 1.165) is 15.0 Å². The van der Waals surface area contributed by atoms with Crippen LogP contribution in [-0.2, 0) is 0 Å². The second-order valence-corrected chi connectivity index (χ2v) is 6.80. The molecule has 0 aliphatic heterocycles.